The number of aromatic nitrogens is 2. The van der Waals surface area contributed by atoms with Crippen molar-refractivity contribution in [3.63, 3.8) is 0 Å². The quantitative estimate of drug-likeness (QED) is 0.407. The lowest BCUT2D eigenvalue weighted by Gasteiger charge is -2.30. The Bertz CT molecular complexity index is 1190. The van der Waals surface area contributed by atoms with Crippen LogP contribution in [0.3, 0.4) is 0 Å². The first kappa shape index (κ1) is 24.0. The summed E-state index contributed by atoms with van der Waals surface area (Å²) in [6.45, 7) is 0.708. The molecule has 0 bridgehead atoms. The molecule has 12 heteroatoms. The van der Waals surface area contributed by atoms with Crippen LogP contribution in [0.15, 0.2) is 48.9 Å². The summed E-state index contributed by atoms with van der Waals surface area (Å²) in [6.07, 6.45) is 4.43. The van der Waals surface area contributed by atoms with Gasteiger partial charge in [0, 0.05) is 36.4 Å². The summed E-state index contributed by atoms with van der Waals surface area (Å²) in [7, 11) is 1.58. The number of thiophene rings is 1. The van der Waals surface area contributed by atoms with Gasteiger partial charge in [0.2, 0.25) is 0 Å². The number of benzene rings is 1. The number of ether oxygens (including phenoxy) is 1. The van der Waals surface area contributed by atoms with Crippen molar-refractivity contribution < 1.29 is 24.2 Å². The Balaban J connectivity index is 1.53. The van der Waals surface area contributed by atoms with Crippen LogP contribution in [-0.4, -0.2) is 64.2 Å². The van der Waals surface area contributed by atoms with Gasteiger partial charge in [-0.1, -0.05) is 0 Å². The van der Waals surface area contributed by atoms with Crippen molar-refractivity contribution >= 4 is 40.2 Å². The molecule has 1 aliphatic heterocycles. The van der Waals surface area contributed by atoms with Crippen LogP contribution in [0, 0.1) is 0 Å². The van der Waals surface area contributed by atoms with Crippen LogP contribution in [0.25, 0.3) is 10.4 Å². The number of carbonyl (C=O) groups excluding carboxylic acids is 2. The van der Waals surface area contributed by atoms with Gasteiger partial charge >= 0.3 is 12.1 Å². The number of hydrogen-bond donors (Lipinski definition) is 4. The maximum atomic E-state index is 13.2. The molecule has 35 heavy (non-hydrogen) atoms. The van der Waals surface area contributed by atoms with Gasteiger partial charge in [-0.25, -0.2) is 14.6 Å². The highest BCUT2D eigenvalue weighted by Crippen LogP contribution is 2.36. The lowest BCUT2D eigenvalue weighted by molar-refractivity contribution is 0.0908. The Morgan fingerprint density at radius 2 is 1.86 bits per heavy atom. The number of anilines is 2. The summed E-state index contributed by atoms with van der Waals surface area (Å²) in [5, 5.41) is 17.8. The number of piperidine rings is 1. The highest BCUT2D eigenvalue weighted by Gasteiger charge is 2.26. The van der Waals surface area contributed by atoms with Gasteiger partial charge in [-0.05, 0) is 48.7 Å². The summed E-state index contributed by atoms with van der Waals surface area (Å²) in [5.74, 6) is 0.635. The first-order valence-electron chi connectivity index (χ1n) is 10.8. The normalized spacial score (nSPS) is 13.7. The Kier molecular flexibility index (Phi) is 7.41. The highest BCUT2D eigenvalue weighted by molar-refractivity contribution is 7.20. The number of nitrogens with zero attached hydrogens (tertiary/aromatic N) is 3. The van der Waals surface area contributed by atoms with Crippen molar-refractivity contribution in [2.24, 2.45) is 0 Å². The molecule has 3 aromatic rings. The summed E-state index contributed by atoms with van der Waals surface area (Å²) >= 11 is 1.26. The van der Waals surface area contributed by atoms with E-state index in [-0.39, 0.29) is 17.8 Å². The van der Waals surface area contributed by atoms with E-state index in [1.54, 1.807) is 13.2 Å². The fourth-order valence-electron chi connectivity index (χ4n) is 3.64. The van der Waals surface area contributed by atoms with E-state index in [4.69, 9.17) is 9.84 Å². The van der Waals surface area contributed by atoms with Crippen molar-refractivity contribution in [2.45, 2.75) is 18.9 Å². The number of methoxy groups -OCH3 is 1. The Hall–Kier alpha value is -4.19. The van der Waals surface area contributed by atoms with Crippen LogP contribution >= 0.6 is 11.3 Å². The minimum absolute atomic E-state index is 0.163. The van der Waals surface area contributed by atoms with E-state index < -0.39 is 12.1 Å². The van der Waals surface area contributed by atoms with Crippen LogP contribution in [0.4, 0.5) is 20.4 Å². The van der Waals surface area contributed by atoms with Crippen LogP contribution in [0.5, 0.6) is 5.75 Å². The monoisotopic (exact) mass is 496 g/mol. The number of likely N-dealkylation sites (tertiary alicyclic amines) is 1. The average Bonchev–Trinajstić information content (AvgIpc) is 3.28. The Morgan fingerprint density at radius 3 is 2.49 bits per heavy atom. The molecule has 4 amide bonds. The van der Waals surface area contributed by atoms with Crippen LogP contribution in [0.1, 0.15) is 23.2 Å². The van der Waals surface area contributed by atoms with Crippen LogP contribution < -0.4 is 20.7 Å². The number of carboxylic acid groups (broad SMARTS) is 1. The third-order valence-corrected chi connectivity index (χ3v) is 6.58. The lowest BCUT2D eigenvalue weighted by Crippen LogP contribution is -2.46. The third kappa shape index (κ3) is 6.03. The van der Waals surface area contributed by atoms with Crippen molar-refractivity contribution in [3.8, 4) is 16.2 Å². The average molecular weight is 497 g/mol. The van der Waals surface area contributed by atoms with E-state index in [1.165, 1.54) is 34.8 Å². The Labute approximate surface area is 205 Å². The fourth-order valence-corrected chi connectivity index (χ4v) is 4.70. The number of hydrogen-bond acceptors (Lipinski definition) is 7. The topological polar surface area (TPSA) is 146 Å². The molecular weight excluding hydrogens is 472 g/mol. The molecule has 0 aliphatic carbocycles. The second-order valence-corrected chi connectivity index (χ2v) is 8.82. The maximum Gasteiger partial charge on any atom is 0.407 e. The first-order chi connectivity index (χ1) is 16.9. The standard InChI is InChI=1S/C23H24N6O5S/c1-34-16-4-2-14(3-5-16)18-12-17(20(30)26-15-6-10-29(11-7-15)23(32)33)21(35-18)28-22(31)27-19-13-24-8-9-25-19/h2-5,8-9,12-13,15H,6-7,10-11H2,1H3,(H,26,30)(H,32,33)(H2,25,27,28,31). The number of rotatable bonds is 6. The fraction of sp³-hybridized carbons (Fsp3) is 0.261. The molecule has 1 fully saturated rings. The number of nitrogens with one attached hydrogen (secondary N) is 3. The molecule has 182 valence electrons. The molecule has 0 unspecified atom stereocenters. The zero-order chi connectivity index (χ0) is 24.8. The molecule has 11 nitrogen and oxygen atoms in total. The van der Waals surface area contributed by atoms with E-state index in [1.807, 2.05) is 24.3 Å². The maximum absolute atomic E-state index is 13.2. The van der Waals surface area contributed by atoms with Gasteiger partial charge < -0.3 is 20.1 Å². The molecule has 4 rings (SSSR count). The smallest absolute Gasteiger partial charge is 0.407 e. The van der Waals surface area contributed by atoms with Crippen LogP contribution in [0.2, 0.25) is 0 Å². The van der Waals surface area contributed by atoms with Gasteiger partial charge in [-0.3, -0.25) is 20.4 Å². The van der Waals surface area contributed by atoms with Gasteiger partial charge in [0.1, 0.15) is 10.8 Å². The highest BCUT2D eigenvalue weighted by atomic mass is 32.1. The van der Waals surface area contributed by atoms with Gasteiger partial charge in [0.15, 0.2) is 5.82 Å². The predicted octanol–water partition coefficient (Wildman–Crippen LogP) is 3.73. The molecule has 4 N–H and O–H groups in total. The summed E-state index contributed by atoms with van der Waals surface area (Å²) in [6, 6.07) is 8.39. The van der Waals surface area contributed by atoms with E-state index in [2.05, 4.69) is 25.9 Å². The molecule has 0 spiro atoms. The van der Waals surface area contributed by atoms with Gasteiger partial charge in [-0.15, -0.1) is 11.3 Å². The van der Waals surface area contributed by atoms with Gasteiger partial charge in [0.25, 0.3) is 5.91 Å². The summed E-state index contributed by atoms with van der Waals surface area (Å²) < 4.78 is 5.21. The van der Waals surface area contributed by atoms with Crippen LogP contribution in [-0.2, 0) is 0 Å². The molecule has 1 aliphatic rings. The number of urea groups is 1. The molecule has 1 saturated heterocycles. The molecule has 0 atom stereocenters. The zero-order valence-electron chi connectivity index (χ0n) is 18.9. The Morgan fingerprint density at radius 1 is 1.11 bits per heavy atom. The molecule has 0 saturated carbocycles. The lowest BCUT2D eigenvalue weighted by atomic mass is 10.0. The number of carbonyl (C=O) groups is 3. The van der Waals surface area contributed by atoms with E-state index in [9.17, 15) is 14.4 Å². The molecule has 3 heterocycles. The minimum Gasteiger partial charge on any atom is -0.497 e. The van der Waals surface area contributed by atoms with E-state index in [0.29, 0.717) is 42.2 Å². The van der Waals surface area contributed by atoms with Gasteiger partial charge in [-0.2, -0.15) is 0 Å². The molecular formula is C23H24N6O5S. The minimum atomic E-state index is -0.961. The molecule has 2 aromatic heterocycles. The van der Waals surface area contributed by atoms with Crippen molar-refractivity contribution in [1.82, 2.24) is 20.2 Å². The largest absolute Gasteiger partial charge is 0.497 e. The first-order valence-corrected chi connectivity index (χ1v) is 11.7. The predicted molar refractivity (Wildman–Crippen MR) is 131 cm³/mol. The SMILES string of the molecule is COc1ccc(-c2cc(C(=O)NC3CCN(C(=O)O)CC3)c(NC(=O)Nc3cnccn3)s2)cc1. The van der Waals surface area contributed by atoms with Crippen molar-refractivity contribution in [3.05, 3.63) is 54.5 Å². The number of amides is 4. The van der Waals surface area contributed by atoms with Crippen molar-refractivity contribution in [1.29, 1.82) is 0 Å². The molecule has 1 aromatic carbocycles. The summed E-state index contributed by atoms with van der Waals surface area (Å²) in [4.78, 5) is 47.0. The van der Waals surface area contributed by atoms with E-state index >= 15 is 0 Å². The van der Waals surface area contributed by atoms with Gasteiger partial charge in [0.05, 0.1) is 18.9 Å². The molecule has 0 radical (unpaired) electrons. The summed E-state index contributed by atoms with van der Waals surface area (Å²) in [5.41, 5.74) is 1.18. The third-order valence-electron chi connectivity index (χ3n) is 5.48. The van der Waals surface area contributed by atoms with Crippen molar-refractivity contribution in [2.75, 3.05) is 30.8 Å². The second kappa shape index (κ2) is 10.8. The zero-order valence-corrected chi connectivity index (χ0v) is 19.7. The van der Waals surface area contributed by atoms with E-state index in [0.717, 1.165) is 10.4 Å². The second-order valence-electron chi connectivity index (χ2n) is 7.77.